The van der Waals surface area contributed by atoms with Gasteiger partial charge in [-0.25, -0.2) is 4.79 Å². The minimum absolute atomic E-state index is 0.373. The van der Waals surface area contributed by atoms with Crippen molar-refractivity contribution in [2.45, 2.75) is 0 Å². The van der Waals surface area contributed by atoms with Crippen LogP contribution in [-0.4, -0.2) is 6.03 Å². The molecule has 2 aromatic carbocycles. The number of hydrogen-bond donors (Lipinski definition) is 2. The average molecular weight is 360 g/mol. The van der Waals surface area contributed by atoms with Crippen molar-refractivity contribution in [2.24, 2.45) is 0 Å². The highest BCUT2D eigenvalue weighted by Crippen LogP contribution is 2.25. The molecule has 2 rings (SSSR count). The molecule has 0 saturated carbocycles. The second kappa shape index (κ2) is 6.28. The van der Waals surface area contributed by atoms with Crippen LogP contribution >= 0.6 is 39.1 Å². The number of halogens is 3. The smallest absolute Gasteiger partial charge is 0.308 e. The van der Waals surface area contributed by atoms with Crippen molar-refractivity contribution >= 4 is 56.5 Å². The van der Waals surface area contributed by atoms with Gasteiger partial charge in [0.05, 0.1) is 10.7 Å². The zero-order chi connectivity index (χ0) is 13.8. The molecule has 98 valence electrons. The first-order valence-corrected chi connectivity index (χ1v) is 6.88. The van der Waals surface area contributed by atoms with E-state index < -0.39 is 0 Å². The SMILES string of the molecule is O=C(Nc1cccc(Br)c1)Nc1ccc(Cl)cc1Cl. The molecule has 0 spiro atoms. The van der Waals surface area contributed by atoms with Gasteiger partial charge in [0, 0.05) is 15.2 Å². The Morgan fingerprint density at radius 1 is 1.05 bits per heavy atom. The Morgan fingerprint density at radius 2 is 1.84 bits per heavy atom. The summed E-state index contributed by atoms with van der Waals surface area (Å²) in [5, 5.41) is 6.25. The monoisotopic (exact) mass is 358 g/mol. The fourth-order valence-electron chi connectivity index (χ4n) is 1.44. The molecule has 0 aromatic heterocycles. The summed E-state index contributed by atoms with van der Waals surface area (Å²) in [6, 6.07) is 11.8. The fourth-order valence-corrected chi connectivity index (χ4v) is 2.30. The van der Waals surface area contributed by atoms with Crippen LogP contribution in [0.2, 0.25) is 10.0 Å². The van der Waals surface area contributed by atoms with Crippen molar-refractivity contribution in [3.63, 3.8) is 0 Å². The molecule has 0 unspecified atom stereocenters. The zero-order valence-corrected chi connectivity index (χ0v) is 12.7. The standard InChI is InChI=1S/C13H9BrCl2N2O/c14-8-2-1-3-10(6-8)17-13(19)18-12-5-4-9(15)7-11(12)16/h1-7H,(H2,17,18,19). The van der Waals surface area contributed by atoms with Crippen molar-refractivity contribution in [1.29, 1.82) is 0 Å². The van der Waals surface area contributed by atoms with Gasteiger partial charge in [0.25, 0.3) is 0 Å². The maximum Gasteiger partial charge on any atom is 0.323 e. The highest BCUT2D eigenvalue weighted by molar-refractivity contribution is 9.10. The molecule has 0 aliphatic heterocycles. The molecule has 19 heavy (non-hydrogen) atoms. The van der Waals surface area contributed by atoms with Crippen molar-refractivity contribution in [3.8, 4) is 0 Å². The second-order valence-corrected chi connectivity index (χ2v) is 5.47. The zero-order valence-electron chi connectivity index (χ0n) is 9.58. The number of nitrogens with one attached hydrogen (secondary N) is 2. The summed E-state index contributed by atoms with van der Waals surface area (Å²) in [6.07, 6.45) is 0. The largest absolute Gasteiger partial charge is 0.323 e. The normalized spacial score (nSPS) is 10.1. The van der Waals surface area contributed by atoms with E-state index >= 15 is 0 Å². The lowest BCUT2D eigenvalue weighted by molar-refractivity contribution is 0.262. The van der Waals surface area contributed by atoms with E-state index in [-0.39, 0.29) is 6.03 Å². The van der Waals surface area contributed by atoms with Gasteiger partial charge in [-0.2, -0.15) is 0 Å². The number of carbonyl (C=O) groups excluding carboxylic acids is 1. The Labute approximate surface area is 129 Å². The van der Waals surface area contributed by atoms with Crippen LogP contribution in [0, 0.1) is 0 Å². The van der Waals surface area contributed by atoms with Crippen molar-refractivity contribution in [2.75, 3.05) is 10.6 Å². The maximum atomic E-state index is 11.8. The summed E-state index contributed by atoms with van der Waals surface area (Å²) < 4.78 is 0.884. The van der Waals surface area contributed by atoms with E-state index in [9.17, 15) is 4.79 Å². The van der Waals surface area contributed by atoms with Crippen LogP contribution < -0.4 is 10.6 Å². The topological polar surface area (TPSA) is 41.1 Å². The summed E-state index contributed by atoms with van der Waals surface area (Å²) in [7, 11) is 0. The van der Waals surface area contributed by atoms with Crippen molar-refractivity contribution < 1.29 is 4.79 Å². The lowest BCUT2D eigenvalue weighted by Gasteiger charge is -2.09. The quantitative estimate of drug-likeness (QED) is 0.740. The van der Waals surface area contributed by atoms with Crippen molar-refractivity contribution in [3.05, 3.63) is 57.0 Å². The van der Waals surface area contributed by atoms with E-state index in [2.05, 4.69) is 26.6 Å². The Morgan fingerprint density at radius 3 is 2.53 bits per heavy atom. The molecule has 2 N–H and O–H groups in total. The predicted octanol–water partition coefficient (Wildman–Crippen LogP) is 5.40. The van der Waals surface area contributed by atoms with Gasteiger partial charge in [0.2, 0.25) is 0 Å². The van der Waals surface area contributed by atoms with Crippen LogP contribution in [0.4, 0.5) is 16.2 Å². The number of rotatable bonds is 2. The number of hydrogen-bond acceptors (Lipinski definition) is 1. The first-order valence-electron chi connectivity index (χ1n) is 5.33. The molecule has 0 fully saturated rings. The molecular formula is C13H9BrCl2N2O. The third-order valence-corrected chi connectivity index (χ3v) is 3.30. The minimum atomic E-state index is -0.373. The van der Waals surface area contributed by atoms with Crippen LogP contribution in [0.3, 0.4) is 0 Å². The Kier molecular flexibility index (Phi) is 4.69. The fraction of sp³-hybridized carbons (Fsp3) is 0. The van der Waals surface area contributed by atoms with E-state index in [1.807, 2.05) is 12.1 Å². The predicted molar refractivity (Wildman–Crippen MR) is 83.2 cm³/mol. The molecule has 0 bridgehead atoms. The Balaban J connectivity index is 2.05. The van der Waals surface area contributed by atoms with Crippen LogP contribution in [0.25, 0.3) is 0 Å². The van der Waals surface area contributed by atoms with Crippen LogP contribution in [0.5, 0.6) is 0 Å². The summed E-state index contributed by atoms with van der Waals surface area (Å²) in [4.78, 5) is 11.8. The highest BCUT2D eigenvalue weighted by atomic mass is 79.9. The lowest BCUT2D eigenvalue weighted by atomic mass is 10.3. The number of anilines is 2. The third kappa shape index (κ3) is 4.13. The van der Waals surface area contributed by atoms with Crippen LogP contribution in [-0.2, 0) is 0 Å². The number of carbonyl (C=O) groups is 1. The molecule has 0 aliphatic carbocycles. The van der Waals surface area contributed by atoms with Crippen molar-refractivity contribution in [1.82, 2.24) is 0 Å². The summed E-state index contributed by atoms with van der Waals surface area (Å²) >= 11 is 15.1. The Hall–Kier alpha value is -1.23. The molecule has 3 nitrogen and oxygen atoms in total. The van der Waals surface area contributed by atoms with E-state index in [0.717, 1.165) is 4.47 Å². The molecule has 0 aliphatic rings. The lowest BCUT2D eigenvalue weighted by Crippen LogP contribution is -2.19. The molecule has 0 atom stereocenters. The summed E-state index contributed by atoms with van der Waals surface area (Å²) in [5.41, 5.74) is 1.18. The van der Waals surface area contributed by atoms with Gasteiger partial charge in [-0.1, -0.05) is 45.2 Å². The van der Waals surface area contributed by atoms with Gasteiger partial charge < -0.3 is 10.6 Å². The molecular weight excluding hydrogens is 351 g/mol. The molecule has 0 heterocycles. The van der Waals surface area contributed by atoms with E-state index in [0.29, 0.717) is 21.4 Å². The summed E-state index contributed by atoms with van der Waals surface area (Å²) in [6.45, 7) is 0. The number of urea groups is 1. The van der Waals surface area contributed by atoms with E-state index in [1.165, 1.54) is 0 Å². The second-order valence-electron chi connectivity index (χ2n) is 3.71. The molecule has 2 amide bonds. The van der Waals surface area contributed by atoms with Gasteiger partial charge >= 0.3 is 6.03 Å². The molecule has 2 aromatic rings. The van der Waals surface area contributed by atoms with Gasteiger partial charge in [-0.15, -0.1) is 0 Å². The maximum absolute atomic E-state index is 11.8. The Bertz CT molecular complexity index is 619. The molecule has 0 saturated heterocycles. The number of benzene rings is 2. The van der Waals surface area contributed by atoms with Gasteiger partial charge in [0.15, 0.2) is 0 Å². The summed E-state index contributed by atoms with van der Waals surface area (Å²) in [5.74, 6) is 0. The highest BCUT2D eigenvalue weighted by Gasteiger charge is 2.06. The number of amides is 2. The molecule has 0 radical (unpaired) electrons. The van der Waals surface area contributed by atoms with Gasteiger partial charge in [-0.05, 0) is 36.4 Å². The van der Waals surface area contributed by atoms with Crippen LogP contribution in [0.1, 0.15) is 0 Å². The average Bonchev–Trinajstić information content (AvgIpc) is 2.33. The van der Waals surface area contributed by atoms with Gasteiger partial charge in [0.1, 0.15) is 0 Å². The van der Waals surface area contributed by atoms with E-state index in [1.54, 1.807) is 30.3 Å². The first-order chi connectivity index (χ1) is 9.04. The minimum Gasteiger partial charge on any atom is -0.308 e. The van der Waals surface area contributed by atoms with Gasteiger partial charge in [-0.3, -0.25) is 0 Å². The van der Waals surface area contributed by atoms with E-state index in [4.69, 9.17) is 23.2 Å². The van der Waals surface area contributed by atoms with Crippen LogP contribution in [0.15, 0.2) is 46.9 Å². The molecule has 6 heteroatoms. The first kappa shape index (κ1) is 14.2. The third-order valence-electron chi connectivity index (χ3n) is 2.26.